The van der Waals surface area contributed by atoms with E-state index in [1.165, 1.54) is 44.5 Å². The van der Waals surface area contributed by atoms with Crippen LogP contribution < -0.4 is 5.46 Å². The van der Waals surface area contributed by atoms with Gasteiger partial charge in [-0.25, -0.2) is 4.98 Å². The normalized spacial score (nSPS) is 9.81. The SMILES string of the molecule is Brc1ccc(-c2c(-c3ccccc3)cc(-c3ccccc3)cc2-c2ccccc2)cc1.Clc1nc(-c2ccccc2)nc(-c2ccccc2)n1.OB(O)c1ccc(-c2c(-c3ccccc3)cc(-c3ccccc3)cc2-c2ccccc2)cc1.[CH2-]C.[CH2-]C.[CH2-]C.[I][V]([I])[I].[I][V][I].[V]. The van der Waals surface area contributed by atoms with E-state index in [1.807, 2.05) is 91.0 Å². The molecule has 1 radical (unpaired) electrons. The Kier molecular flexibility index (Phi) is 40.5. The predicted molar refractivity (Wildman–Crippen MR) is 453 cm³/mol. The van der Waals surface area contributed by atoms with E-state index in [0.29, 0.717) is 26.6 Å². The molecule has 0 fully saturated rings. The maximum atomic E-state index is 9.57. The summed E-state index contributed by atoms with van der Waals surface area (Å²) >= 11 is 21.7. The van der Waals surface area contributed by atoms with E-state index in [9.17, 15) is 10.0 Å². The maximum Gasteiger partial charge on any atom is 0 e. The smallest absolute Gasteiger partial charge is 0 e. The van der Waals surface area contributed by atoms with E-state index in [2.05, 4.69) is 364 Å². The average Bonchev–Trinajstić information content (AvgIpc) is 0.778. The monoisotopic (exact) mass is 2030 g/mol. The van der Waals surface area contributed by atoms with Crippen molar-refractivity contribution in [2.24, 2.45) is 0 Å². The number of nitrogens with zero attached hydrogens (tertiary/aromatic N) is 3. The number of hydrogen-bond acceptors (Lipinski definition) is 5. The Morgan fingerprint density at radius 3 is 0.794 bits per heavy atom. The topological polar surface area (TPSA) is 79.1 Å². The summed E-state index contributed by atoms with van der Waals surface area (Å²) in [7, 11) is -0.857. The first-order valence-electron chi connectivity index (χ1n) is 30.2. The van der Waals surface area contributed by atoms with Gasteiger partial charge in [-0.3, -0.25) is 0 Å². The van der Waals surface area contributed by atoms with Crippen molar-refractivity contribution < 1.29 is 43.0 Å². The number of rotatable bonds is 11. The summed E-state index contributed by atoms with van der Waals surface area (Å²) in [6.45, 7) is 15.0. The molecule has 13 aromatic rings. The Hall–Kier alpha value is -4.19. The van der Waals surface area contributed by atoms with Crippen molar-refractivity contribution in [3.05, 3.63) is 346 Å². The third-order valence-electron chi connectivity index (χ3n) is 14.1. The van der Waals surface area contributed by atoms with Gasteiger partial charge in [-0.2, -0.15) is 30.7 Å². The molecular formula is C81H69BBrClI5N3O2V3-3. The zero-order valence-corrected chi connectivity index (χ0v) is 70.8. The van der Waals surface area contributed by atoms with Gasteiger partial charge in [0.05, 0.1) is 0 Å². The molecule has 13 rings (SSSR count). The second-order valence-corrected chi connectivity index (χ2v) is 68.2. The van der Waals surface area contributed by atoms with Crippen molar-refractivity contribution in [1.29, 1.82) is 0 Å². The van der Waals surface area contributed by atoms with Gasteiger partial charge >= 0.3 is 121 Å². The van der Waals surface area contributed by atoms with Crippen LogP contribution in [0.15, 0.2) is 320 Å². The summed E-state index contributed by atoms with van der Waals surface area (Å²) in [6.07, 6.45) is 0. The minimum absolute atomic E-state index is 0. The molecule has 0 unspecified atom stereocenters. The minimum atomic E-state index is -1.48. The van der Waals surface area contributed by atoms with Crippen LogP contribution in [0.1, 0.15) is 20.8 Å². The molecule has 2 N–H and O–H groups in total. The second kappa shape index (κ2) is 47.1. The van der Waals surface area contributed by atoms with Gasteiger partial charge in [-0.15, -0.1) is 0 Å². The van der Waals surface area contributed by atoms with Crippen molar-refractivity contribution in [3.8, 4) is 112 Å². The Labute approximate surface area is 667 Å². The van der Waals surface area contributed by atoms with Crippen molar-refractivity contribution in [1.82, 2.24) is 15.0 Å². The van der Waals surface area contributed by atoms with Gasteiger partial charge in [-0.05, 0) is 142 Å². The minimum Gasteiger partial charge on any atom is 0 e. The van der Waals surface area contributed by atoms with E-state index >= 15 is 0 Å². The summed E-state index contributed by atoms with van der Waals surface area (Å²) in [5, 5.41) is 19.3. The Morgan fingerprint density at radius 1 is 0.340 bits per heavy atom. The zero-order valence-electron chi connectivity index (χ0n) is 53.4. The fourth-order valence-electron chi connectivity index (χ4n) is 10.1. The standard InChI is InChI=1S/C30H23BO2.C30H21Br.C15H10ClN3.3C2H5.5HI.3V/c32-31(33)27-18-16-25(17-19-27)30-28(23-12-6-2-7-13-23)20-26(22-10-4-1-5-11-22)21-29(30)24-14-8-3-9-15-24;31-27-18-16-25(17-19-27)30-28(23-12-6-2-7-13-23)20-26(22-10-4-1-5-11-22)21-29(30)24-14-8-3-9-15-24;16-15-18-13(11-7-3-1-4-8-11)17-14(19-15)12-9-5-2-6-10-12;3*1-2;;;;;;;;/h1-21,32-33H;1-21H;1-10H;3*1H2,2H3;5*1H;;;/q;;;3*-1;;;;;;;+2;+3/p-5. The van der Waals surface area contributed by atoms with E-state index < -0.39 is 7.12 Å². The maximum absolute atomic E-state index is 9.57. The largest absolute Gasteiger partial charge is 0 e. The number of hydrogen-bond donors (Lipinski definition) is 2. The molecule has 490 valence electrons. The van der Waals surface area contributed by atoms with Crippen LogP contribution in [0.25, 0.3) is 112 Å². The van der Waals surface area contributed by atoms with Crippen molar-refractivity contribution >= 4 is 140 Å². The van der Waals surface area contributed by atoms with Crippen LogP contribution in [0.5, 0.6) is 0 Å². The first kappa shape index (κ1) is 83.5. The molecule has 0 aliphatic heterocycles. The number of benzene rings is 12. The number of halogens is 7. The molecule has 0 amide bonds. The molecule has 0 saturated carbocycles. The van der Waals surface area contributed by atoms with Crippen LogP contribution in [0.4, 0.5) is 0 Å². The first-order chi connectivity index (χ1) is 47.0. The Balaban J connectivity index is 0.000000246. The molecule has 12 aromatic carbocycles. The van der Waals surface area contributed by atoms with Crippen molar-refractivity contribution in [2.75, 3.05) is 0 Å². The van der Waals surface area contributed by atoms with Gasteiger partial charge in [0.1, 0.15) is 0 Å². The third-order valence-corrected chi connectivity index (χ3v) is 14.8. The van der Waals surface area contributed by atoms with Crippen molar-refractivity contribution in [2.45, 2.75) is 20.8 Å². The summed E-state index contributed by atoms with van der Waals surface area (Å²) < 4.78 is 1.08. The first-order valence-corrected chi connectivity index (χ1v) is 53.9. The predicted octanol–water partition coefficient (Wildman–Crippen LogP) is 26.0. The molecule has 0 saturated heterocycles. The molecule has 97 heavy (non-hydrogen) atoms. The van der Waals surface area contributed by atoms with Crippen LogP contribution in [0, 0.1) is 20.8 Å². The molecule has 5 nitrogen and oxygen atoms in total. The van der Waals surface area contributed by atoms with Crippen LogP contribution in [0.2, 0.25) is 5.28 Å². The Bertz CT molecular complexity index is 4130. The van der Waals surface area contributed by atoms with E-state index in [1.54, 1.807) is 32.9 Å². The molecule has 16 heteroatoms. The fourth-order valence-corrected chi connectivity index (χ4v) is 10.5. The molecular weight excluding hydrogens is 1960 g/mol. The summed E-state index contributed by atoms with van der Waals surface area (Å²) in [4.78, 5) is 12.5. The molecule has 0 bridgehead atoms. The summed E-state index contributed by atoms with van der Waals surface area (Å²) in [5.74, 6) is 1.17. The molecule has 0 spiro atoms. The van der Waals surface area contributed by atoms with Gasteiger partial charge in [0.2, 0.25) is 5.28 Å². The quantitative estimate of drug-likeness (QED) is 0.0766. The average molecular weight is 2030 g/mol. The van der Waals surface area contributed by atoms with E-state index in [-0.39, 0.29) is 28.8 Å². The molecule has 1 aromatic heterocycles. The van der Waals surface area contributed by atoms with E-state index in [4.69, 9.17) is 11.6 Å². The zero-order chi connectivity index (χ0) is 69.0. The van der Waals surface area contributed by atoms with Gasteiger partial charge in [0.15, 0.2) is 11.6 Å². The van der Waals surface area contributed by atoms with Gasteiger partial charge in [-0.1, -0.05) is 295 Å². The molecule has 0 atom stereocenters. The van der Waals surface area contributed by atoms with E-state index in [0.717, 1.165) is 60.1 Å². The van der Waals surface area contributed by atoms with Gasteiger partial charge in [0, 0.05) is 34.2 Å². The molecule has 0 aliphatic rings. The summed E-state index contributed by atoms with van der Waals surface area (Å²) in [6, 6.07) is 108. The van der Waals surface area contributed by atoms with Gasteiger partial charge < -0.3 is 30.8 Å². The van der Waals surface area contributed by atoms with Crippen LogP contribution in [0.3, 0.4) is 0 Å². The third kappa shape index (κ3) is 26.3. The van der Waals surface area contributed by atoms with Crippen LogP contribution in [-0.2, 0) is 32.9 Å². The van der Waals surface area contributed by atoms with Crippen LogP contribution >= 0.6 is 127 Å². The molecule has 1 heterocycles. The molecule has 0 aliphatic carbocycles. The Morgan fingerprint density at radius 2 is 0.557 bits per heavy atom. The van der Waals surface area contributed by atoms with Crippen molar-refractivity contribution in [3.63, 3.8) is 0 Å². The van der Waals surface area contributed by atoms with Crippen LogP contribution in [-0.4, -0.2) is 32.1 Å². The summed E-state index contributed by atoms with van der Waals surface area (Å²) in [5.41, 5.74) is 21.1. The number of aromatic nitrogens is 3. The fraction of sp³-hybridized carbons (Fsp3) is 0.0370. The second-order valence-electron chi connectivity index (χ2n) is 19.8. The van der Waals surface area contributed by atoms with Gasteiger partial charge in [0.25, 0.3) is 0 Å².